The van der Waals surface area contributed by atoms with E-state index in [4.69, 9.17) is 5.14 Å². The van der Waals surface area contributed by atoms with Crippen LogP contribution >= 0.6 is 0 Å². The molecular formula is C7H15NO2S. The molecule has 1 rings (SSSR count). The smallest absolute Gasteiger partial charge is 0.211 e. The number of rotatable bonds is 2. The molecule has 0 radical (unpaired) electrons. The van der Waals surface area contributed by atoms with E-state index in [0.29, 0.717) is 5.92 Å². The summed E-state index contributed by atoms with van der Waals surface area (Å²) in [6, 6.07) is 0. The Kier molecular flexibility index (Phi) is 2.54. The SMILES string of the molecule is CCC1CCC(S(N)(=O)=O)C1. The minimum absolute atomic E-state index is 0.257. The average Bonchev–Trinajstić information content (AvgIpc) is 2.32. The third-order valence-corrected chi connectivity index (χ3v) is 3.89. The summed E-state index contributed by atoms with van der Waals surface area (Å²) in [7, 11) is -3.25. The fourth-order valence-electron chi connectivity index (χ4n) is 1.70. The van der Waals surface area contributed by atoms with Gasteiger partial charge in [0.25, 0.3) is 0 Å². The van der Waals surface area contributed by atoms with Crippen LogP contribution in [0, 0.1) is 5.92 Å². The van der Waals surface area contributed by atoms with E-state index in [-0.39, 0.29) is 5.25 Å². The Morgan fingerprint density at radius 1 is 1.45 bits per heavy atom. The van der Waals surface area contributed by atoms with E-state index in [9.17, 15) is 8.42 Å². The summed E-state index contributed by atoms with van der Waals surface area (Å²) in [5.41, 5.74) is 0. The summed E-state index contributed by atoms with van der Waals surface area (Å²) >= 11 is 0. The molecule has 0 aromatic rings. The summed E-state index contributed by atoms with van der Waals surface area (Å²) in [4.78, 5) is 0. The van der Waals surface area contributed by atoms with E-state index in [1.54, 1.807) is 0 Å². The van der Waals surface area contributed by atoms with E-state index < -0.39 is 10.0 Å². The Labute approximate surface area is 68.0 Å². The van der Waals surface area contributed by atoms with Gasteiger partial charge < -0.3 is 0 Å². The molecule has 2 N–H and O–H groups in total. The highest BCUT2D eigenvalue weighted by molar-refractivity contribution is 7.89. The van der Waals surface area contributed by atoms with Gasteiger partial charge >= 0.3 is 0 Å². The monoisotopic (exact) mass is 177 g/mol. The molecule has 2 unspecified atom stereocenters. The first kappa shape index (κ1) is 9.00. The van der Waals surface area contributed by atoms with Gasteiger partial charge in [0.15, 0.2) is 0 Å². The molecule has 2 atom stereocenters. The second-order valence-corrected chi connectivity index (χ2v) is 5.14. The van der Waals surface area contributed by atoms with Gasteiger partial charge in [-0.3, -0.25) is 0 Å². The van der Waals surface area contributed by atoms with Gasteiger partial charge in [0, 0.05) is 0 Å². The van der Waals surface area contributed by atoms with E-state index in [0.717, 1.165) is 25.7 Å². The molecule has 1 fully saturated rings. The van der Waals surface area contributed by atoms with Gasteiger partial charge in [0.05, 0.1) is 5.25 Å². The molecule has 0 aromatic heterocycles. The van der Waals surface area contributed by atoms with Crippen molar-refractivity contribution in [3.63, 3.8) is 0 Å². The van der Waals surface area contributed by atoms with E-state index in [1.165, 1.54) is 0 Å². The lowest BCUT2D eigenvalue weighted by Crippen LogP contribution is -2.26. The molecule has 1 aliphatic carbocycles. The molecule has 4 heteroatoms. The Bertz CT molecular complexity index is 223. The number of nitrogens with two attached hydrogens (primary N) is 1. The Balaban J connectivity index is 2.55. The summed E-state index contributed by atoms with van der Waals surface area (Å²) < 4.78 is 21.7. The lowest BCUT2D eigenvalue weighted by atomic mass is 10.1. The van der Waals surface area contributed by atoms with Crippen molar-refractivity contribution >= 4 is 10.0 Å². The van der Waals surface area contributed by atoms with Crippen LogP contribution in [0.5, 0.6) is 0 Å². The maximum absolute atomic E-state index is 10.9. The molecule has 1 aliphatic rings. The van der Waals surface area contributed by atoms with Gasteiger partial charge in [0.2, 0.25) is 10.0 Å². The molecule has 0 spiro atoms. The molecule has 0 saturated heterocycles. The van der Waals surface area contributed by atoms with E-state index in [1.807, 2.05) is 0 Å². The second kappa shape index (κ2) is 3.11. The summed E-state index contributed by atoms with van der Waals surface area (Å²) in [5, 5.41) is 4.77. The zero-order valence-corrected chi connectivity index (χ0v) is 7.60. The fourth-order valence-corrected chi connectivity index (χ4v) is 2.70. The molecule has 0 bridgehead atoms. The minimum atomic E-state index is -3.25. The molecule has 0 amide bonds. The number of primary sulfonamides is 1. The first-order valence-corrected chi connectivity index (χ1v) is 5.66. The average molecular weight is 177 g/mol. The summed E-state index contributed by atoms with van der Waals surface area (Å²) in [6.45, 7) is 2.09. The lowest BCUT2D eigenvalue weighted by Gasteiger charge is -2.06. The highest BCUT2D eigenvalue weighted by Crippen LogP contribution is 2.30. The van der Waals surface area contributed by atoms with Crippen LogP contribution in [0.3, 0.4) is 0 Å². The van der Waals surface area contributed by atoms with Crippen molar-refractivity contribution in [2.24, 2.45) is 11.1 Å². The highest BCUT2D eigenvalue weighted by atomic mass is 32.2. The number of hydrogen-bond acceptors (Lipinski definition) is 2. The maximum atomic E-state index is 10.9. The van der Waals surface area contributed by atoms with Gasteiger partial charge in [-0.15, -0.1) is 0 Å². The third kappa shape index (κ3) is 2.17. The van der Waals surface area contributed by atoms with Crippen molar-refractivity contribution < 1.29 is 8.42 Å². The van der Waals surface area contributed by atoms with Crippen molar-refractivity contribution in [2.45, 2.75) is 37.9 Å². The second-order valence-electron chi connectivity index (χ2n) is 3.30. The van der Waals surface area contributed by atoms with Crippen LogP contribution in [-0.2, 0) is 10.0 Å². The topological polar surface area (TPSA) is 60.2 Å². The minimum Gasteiger partial charge on any atom is -0.228 e. The molecule has 0 heterocycles. The predicted molar refractivity (Wildman–Crippen MR) is 44.5 cm³/mol. The van der Waals surface area contributed by atoms with Crippen LogP contribution in [0.25, 0.3) is 0 Å². The standard InChI is InChI=1S/C7H15NO2S/c1-2-6-3-4-7(5-6)11(8,9)10/h6-7H,2-5H2,1H3,(H2,8,9,10). The normalized spacial score (nSPS) is 32.5. The van der Waals surface area contributed by atoms with Crippen molar-refractivity contribution in [3.8, 4) is 0 Å². The first-order valence-electron chi connectivity index (χ1n) is 4.05. The van der Waals surface area contributed by atoms with Gasteiger partial charge in [-0.1, -0.05) is 13.3 Å². The molecule has 1 saturated carbocycles. The molecule has 66 valence electrons. The molecule has 11 heavy (non-hydrogen) atoms. The largest absolute Gasteiger partial charge is 0.228 e. The van der Waals surface area contributed by atoms with Crippen LogP contribution in [0.1, 0.15) is 32.6 Å². The van der Waals surface area contributed by atoms with Crippen LogP contribution in [0.15, 0.2) is 0 Å². The maximum Gasteiger partial charge on any atom is 0.211 e. The summed E-state index contributed by atoms with van der Waals surface area (Å²) in [5.74, 6) is 0.582. The predicted octanol–water partition coefficient (Wildman–Crippen LogP) is 0.854. The van der Waals surface area contributed by atoms with Gasteiger partial charge in [0.1, 0.15) is 0 Å². The Hall–Kier alpha value is -0.0900. The Morgan fingerprint density at radius 2 is 2.09 bits per heavy atom. The number of sulfonamides is 1. The molecular weight excluding hydrogens is 162 g/mol. The van der Waals surface area contributed by atoms with Crippen LogP contribution in [0.2, 0.25) is 0 Å². The third-order valence-electron chi connectivity index (χ3n) is 2.54. The number of hydrogen-bond donors (Lipinski definition) is 1. The van der Waals surface area contributed by atoms with Gasteiger partial charge in [-0.25, -0.2) is 13.6 Å². The molecule has 3 nitrogen and oxygen atoms in total. The van der Waals surface area contributed by atoms with Crippen LogP contribution in [0.4, 0.5) is 0 Å². The highest BCUT2D eigenvalue weighted by Gasteiger charge is 2.30. The first-order chi connectivity index (χ1) is 5.04. The fraction of sp³-hybridized carbons (Fsp3) is 1.00. The summed E-state index contributed by atoms with van der Waals surface area (Å²) in [6.07, 6.45) is 3.64. The van der Waals surface area contributed by atoms with Crippen molar-refractivity contribution in [1.82, 2.24) is 0 Å². The van der Waals surface area contributed by atoms with Gasteiger partial charge in [-0.2, -0.15) is 0 Å². The van der Waals surface area contributed by atoms with Crippen LogP contribution < -0.4 is 5.14 Å². The van der Waals surface area contributed by atoms with Crippen molar-refractivity contribution in [2.75, 3.05) is 0 Å². The molecule has 0 aromatic carbocycles. The quantitative estimate of drug-likeness (QED) is 0.680. The zero-order valence-electron chi connectivity index (χ0n) is 6.79. The molecule has 0 aliphatic heterocycles. The van der Waals surface area contributed by atoms with Crippen LogP contribution in [-0.4, -0.2) is 13.7 Å². The van der Waals surface area contributed by atoms with Crippen molar-refractivity contribution in [1.29, 1.82) is 0 Å². The Morgan fingerprint density at radius 3 is 2.36 bits per heavy atom. The van der Waals surface area contributed by atoms with E-state index in [2.05, 4.69) is 6.92 Å². The zero-order chi connectivity index (χ0) is 8.48. The van der Waals surface area contributed by atoms with E-state index >= 15 is 0 Å². The van der Waals surface area contributed by atoms with Crippen molar-refractivity contribution in [3.05, 3.63) is 0 Å². The van der Waals surface area contributed by atoms with Gasteiger partial charge in [-0.05, 0) is 25.2 Å². The lowest BCUT2D eigenvalue weighted by molar-refractivity contribution is 0.526.